The molecule has 0 aromatic heterocycles. The summed E-state index contributed by atoms with van der Waals surface area (Å²) in [6.45, 7) is 11.3. The summed E-state index contributed by atoms with van der Waals surface area (Å²) in [5.41, 5.74) is 6.88. The lowest BCUT2D eigenvalue weighted by Gasteiger charge is -2.37. The van der Waals surface area contributed by atoms with Crippen molar-refractivity contribution in [3.05, 3.63) is 34.6 Å². The highest BCUT2D eigenvalue weighted by Gasteiger charge is 2.37. The SMILES string of the molecule is CC(C)(C)[Si](C)(C)OCC(N)c1ccc(F)c(Cl)c1. The van der Waals surface area contributed by atoms with E-state index in [1.54, 1.807) is 12.1 Å². The van der Waals surface area contributed by atoms with Gasteiger partial charge in [0.15, 0.2) is 8.32 Å². The van der Waals surface area contributed by atoms with Crippen LogP contribution in [0.4, 0.5) is 4.39 Å². The van der Waals surface area contributed by atoms with E-state index in [2.05, 4.69) is 33.9 Å². The zero-order valence-electron chi connectivity index (χ0n) is 12.3. The lowest BCUT2D eigenvalue weighted by Crippen LogP contribution is -2.42. The van der Waals surface area contributed by atoms with Crippen molar-refractivity contribution in [3.8, 4) is 0 Å². The molecule has 2 nitrogen and oxygen atoms in total. The van der Waals surface area contributed by atoms with E-state index in [4.69, 9.17) is 21.8 Å². The van der Waals surface area contributed by atoms with Gasteiger partial charge in [0.2, 0.25) is 0 Å². The van der Waals surface area contributed by atoms with Crippen molar-refractivity contribution in [2.75, 3.05) is 6.61 Å². The van der Waals surface area contributed by atoms with Crippen LogP contribution in [0.2, 0.25) is 23.2 Å². The van der Waals surface area contributed by atoms with Crippen molar-refractivity contribution in [2.24, 2.45) is 5.73 Å². The molecule has 0 amide bonds. The van der Waals surface area contributed by atoms with Crippen molar-refractivity contribution < 1.29 is 8.82 Å². The Bertz CT molecular complexity index is 446. The summed E-state index contributed by atoms with van der Waals surface area (Å²) in [5.74, 6) is -0.428. The van der Waals surface area contributed by atoms with E-state index in [9.17, 15) is 4.39 Å². The van der Waals surface area contributed by atoms with Gasteiger partial charge in [0.25, 0.3) is 0 Å². The van der Waals surface area contributed by atoms with Crippen molar-refractivity contribution in [2.45, 2.75) is 44.9 Å². The second-order valence-corrected chi connectivity index (χ2v) is 11.6. The van der Waals surface area contributed by atoms with Gasteiger partial charge in [0, 0.05) is 0 Å². The lowest BCUT2D eigenvalue weighted by molar-refractivity contribution is 0.264. The van der Waals surface area contributed by atoms with Crippen LogP contribution in [0.5, 0.6) is 0 Å². The summed E-state index contributed by atoms with van der Waals surface area (Å²) < 4.78 is 19.2. The van der Waals surface area contributed by atoms with E-state index in [-0.39, 0.29) is 16.1 Å². The number of halogens is 2. The average Bonchev–Trinajstić information content (AvgIpc) is 2.28. The molecule has 19 heavy (non-hydrogen) atoms. The Morgan fingerprint density at radius 2 is 1.95 bits per heavy atom. The Balaban J connectivity index is 2.70. The first kappa shape index (κ1) is 16.6. The number of rotatable bonds is 4. The minimum absolute atomic E-state index is 0.0975. The predicted molar refractivity (Wildman–Crippen MR) is 81.5 cm³/mol. The second-order valence-electron chi connectivity index (χ2n) is 6.35. The molecule has 1 atom stereocenters. The summed E-state index contributed by atoms with van der Waals surface area (Å²) in [6.07, 6.45) is 0. The van der Waals surface area contributed by atoms with Crippen molar-refractivity contribution >= 4 is 19.9 Å². The smallest absolute Gasteiger partial charge is 0.192 e. The Kier molecular flexibility index (Phi) is 5.18. The first-order valence-electron chi connectivity index (χ1n) is 6.39. The van der Waals surface area contributed by atoms with Gasteiger partial charge in [-0.3, -0.25) is 0 Å². The van der Waals surface area contributed by atoms with Crippen LogP contribution in [-0.4, -0.2) is 14.9 Å². The third-order valence-electron chi connectivity index (χ3n) is 3.80. The fourth-order valence-electron chi connectivity index (χ4n) is 1.35. The molecule has 108 valence electrons. The Labute approximate surface area is 121 Å². The van der Waals surface area contributed by atoms with Gasteiger partial charge in [-0.1, -0.05) is 38.4 Å². The van der Waals surface area contributed by atoms with Gasteiger partial charge < -0.3 is 10.2 Å². The number of benzene rings is 1. The summed E-state index contributed by atoms with van der Waals surface area (Å²) in [6, 6.07) is 4.27. The maximum atomic E-state index is 13.1. The average molecular weight is 304 g/mol. The normalized spacial score (nSPS) is 14.5. The monoisotopic (exact) mass is 303 g/mol. The molecule has 1 rings (SSSR count). The largest absolute Gasteiger partial charge is 0.415 e. The third-order valence-corrected chi connectivity index (χ3v) is 8.59. The molecular weight excluding hydrogens is 281 g/mol. The van der Waals surface area contributed by atoms with E-state index in [1.165, 1.54) is 6.07 Å². The molecule has 0 saturated carbocycles. The molecule has 0 fully saturated rings. The Morgan fingerprint density at radius 1 is 1.37 bits per heavy atom. The third kappa shape index (κ3) is 4.28. The molecule has 0 aliphatic heterocycles. The molecule has 0 radical (unpaired) electrons. The minimum Gasteiger partial charge on any atom is -0.415 e. The molecular formula is C14H23ClFNOSi. The number of nitrogens with two attached hydrogens (primary N) is 1. The first-order valence-corrected chi connectivity index (χ1v) is 9.68. The highest BCUT2D eigenvalue weighted by molar-refractivity contribution is 6.74. The zero-order valence-corrected chi connectivity index (χ0v) is 14.0. The number of hydrogen-bond acceptors (Lipinski definition) is 2. The van der Waals surface area contributed by atoms with E-state index >= 15 is 0 Å². The predicted octanol–water partition coefficient (Wildman–Crippen LogP) is 4.50. The van der Waals surface area contributed by atoms with Crippen LogP contribution in [0, 0.1) is 5.82 Å². The molecule has 0 spiro atoms. The van der Waals surface area contributed by atoms with Gasteiger partial charge in [-0.2, -0.15) is 0 Å². The zero-order chi connectivity index (χ0) is 14.8. The summed E-state index contributed by atoms with van der Waals surface area (Å²) in [5, 5.41) is 0.243. The Hall–Kier alpha value is -0.423. The van der Waals surface area contributed by atoms with Crippen LogP contribution >= 0.6 is 11.6 Å². The van der Waals surface area contributed by atoms with E-state index in [0.29, 0.717) is 6.61 Å². The van der Waals surface area contributed by atoms with Gasteiger partial charge in [0.05, 0.1) is 17.7 Å². The van der Waals surface area contributed by atoms with Gasteiger partial charge in [-0.05, 0) is 35.8 Å². The van der Waals surface area contributed by atoms with Crippen LogP contribution in [0.3, 0.4) is 0 Å². The summed E-state index contributed by atoms with van der Waals surface area (Å²) in [7, 11) is -1.81. The van der Waals surface area contributed by atoms with Crippen LogP contribution in [-0.2, 0) is 4.43 Å². The molecule has 0 aliphatic rings. The maximum Gasteiger partial charge on any atom is 0.192 e. The summed E-state index contributed by atoms with van der Waals surface area (Å²) >= 11 is 5.76. The summed E-state index contributed by atoms with van der Waals surface area (Å²) in [4.78, 5) is 0. The van der Waals surface area contributed by atoms with Crippen molar-refractivity contribution in [1.82, 2.24) is 0 Å². The molecule has 0 heterocycles. The van der Waals surface area contributed by atoms with Gasteiger partial charge in [-0.25, -0.2) is 4.39 Å². The van der Waals surface area contributed by atoms with E-state index in [0.717, 1.165) is 5.56 Å². The molecule has 0 aliphatic carbocycles. The molecule has 1 aromatic rings. The first-order chi connectivity index (χ1) is 8.54. The maximum absolute atomic E-state index is 13.1. The molecule has 0 saturated heterocycles. The van der Waals surface area contributed by atoms with Gasteiger partial charge >= 0.3 is 0 Å². The molecule has 1 unspecified atom stereocenters. The molecule has 2 N–H and O–H groups in total. The lowest BCUT2D eigenvalue weighted by atomic mass is 10.1. The van der Waals surface area contributed by atoms with E-state index in [1.807, 2.05) is 0 Å². The van der Waals surface area contributed by atoms with Crippen molar-refractivity contribution in [1.29, 1.82) is 0 Å². The minimum atomic E-state index is -1.81. The van der Waals surface area contributed by atoms with E-state index < -0.39 is 14.1 Å². The molecule has 0 bridgehead atoms. The van der Waals surface area contributed by atoms with Crippen LogP contribution in [0.1, 0.15) is 32.4 Å². The molecule has 5 heteroatoms. The van der Waals surface area contributed by atoms with Crippen molar-refractivity contribution in [3.63, 3.8) is 0 Å². The second kappa shape index (κ2) is 5.91. The van der Waals surface area contributed by atoms with Gasteiger partial charge in [0.1, 0.15) is 5.82 Å². The highest BCUT2D eigenvalue weighted by atomic mass is 35.5. The quantitative estimate of drug-likeness (QED) is 0.831. The number of hydrogen-bond donors (Lipinski definition) is 1. The van der Waals surface area contributed by atoms with Crippen LogP contribution in [0.15, 0.2) is 18.2 Å². The Morgan fingerprint density at radius 3 is 2.42 bits per heavy atom. The van der Waals surface area contributed by atoms with Crippen LogP contribution in [0.25, 0.3) is 0 Å². The van der Waals surface area contributed by atoms with Gasteiger partial charge in [-0.15, -0.1) is 0 Å². The standard InChI is InChI=1S/C14H23ClFNOSi/c1-14(2,3)19(4,5)18-9-13(17)10-6-7-12(16)11(15)8-10/h6-8,13H,9,17H2,1-5H3. The highest BCUT2D eigenvalue weighted by Crippen LogP contribution is 2.37. The molecule has 1 aromatic carbocycles. The fraction of sp³-hybridized carbons (Fsp3) is 0.571. The van der Waals surface area contributed by atoms with Crippen LogP contribution < -0.4 is 5.73 Å². The topological polar surface area (TPSA) is 35.2 Å². The fourth-order valence-corrected chi connectivity index (χ4v) is 2.57.